The highest BCUT2D eigenvalue weighted by atomic mass is 16.5. The van der Waals surface area contributed by atoms with Gasteiger partial charge in [0.05, 0.1) is 5.69 Å². The minimum Gasteiger partial charge on any atom is -0.474 e. The van der Waals surface area contributed by atoms with Crippen LogP contribution in [-0.4, -0.2) is 22.2 Å². The van der Waals surface area contributed by atoms with E-state index < -0.39 is 0 Å². The molecule has 2 aromatic rings. The zero-order valence-electron chi connectivity index (χ0n) is 13.5. The Morgan fingerprint density at radius 3 is 2.87 bits per heavy atom. The molecule has 0 unspecified atom stereocenters. The zero-order valence-corrected chi connectivity index (χ0v) is 13.5. The molecule has 0 spiro atoms. The standard InChI is InChI=1S/C17H21N3O3/c1-11-16(12(2)23-20-11)17(21)19-10-13-7-8-18-15(9-13)22-14-5-3-4-6-14/h7-9,14H,3-6,10H2,1-2H3,(H,19,21). The molecule has 1 fully saturated rings. The number of hydrogen-bond acceptors (Lipinski definition) is 5. The summed E-state index contributed by atoms with van der Waals surface area (Å²) in [6.07, 6.45) is 6.61. The number of ether oxygens (including phenoxy) is 1. The van der Waals surface area contributed by atoms with Crippen molar-refractivity contribution in [3.63, 3.8) is 0 Å². The minimum absolute atomic E-state index is 0.184. The van der Waals surface area contributed by atoms with Crippen molar-refractivity contribution in [2.24, 2.45) is 0 Å². The van der Waals surface area contributed by atoms with E-state index in [0.717, 1.165) is 18.4 Å². The van der Waals surface area contributed by atoms with Crippen molar-refractivity contribution < 1.29 is 14.1 Å². The van der Waals surface area contributed by atoms with Crippen LogP contribution in [0.5, 0.6) is 5.88 Å². The monoisotopic (exact) mass is 315 g/mol. The molecule has 0 aromatic carbocycles. The number of nitrogens with one attached hydrogen (secondary N) is 1. The number of nitrogens with zero attached hydrogens (tertiary/aromatic N) is 2. The van der Waals surface area contributed by atoms with E-state index in [1.54, 1.807) is 20.0 Å². The first-order valence-electron chi connectivity index (χ1n) is 7.96. The van der Waals surface area contributed by atoms with Crippen LogP contribution in [0.25, 0.3) is 0 Å². The Kier molecular flexibility index (Phi) is 4.60. The first kappa shape index (κ1) is 15.5. The van der Waals surface area contributed by atoms with Crippen LogP contribution >= 0.6 is 0 Å². The van der Waals surface area contributed by atoms with Gasteiger partial charge in [-0.05, 0) is 51.2 Å². The molecule has 1 aliphatic rings. The van der Waals surface area contributed by atoms with Gasteiger partial charge in [0.1, 0.15) is 17.4 Å². The maximum absolute atomic E-state index is 12.2. The molecular formula is C17H21N3O3. The SMILES string of the molecule is Cc1noc(C)c1C(=O)NCc1ccnc(OC2CCCC2)c1. The summed E-state index contributed by atoms with van der Waals surface area (Å²) in [5, 5.41) is 6.68. The molecule has 0 radical (unpaired) electrons. The number of aryl methyl sites for hydroxylation is 2. The lowest BCUT2D eigenvalue weighted by atomic mass is 10.2. The molecule has 0 atom stereocenters. The number of rotatable bonds is 5. The van der Waals surface area contributed by atoms with Crippen LogP contribution in [0.1, 0.15) is 53.1 Å². The van der Waals surface area contributed by atoms with Crippen LogP contribution in [0.3, 0.4) is 0 Å². The summed E-state index contributed by atoms with van der Waals surface area (Å²) in [6, 6.07) is 3.75. The number of hydrogen-bond donors (Lipinski definition) is 1. The third kappa shape index (κ3) is 3.70. The molecule has 1 saturated carbocycles. The predicted molar refractivity (Wildman–Crippen MR) is 84.3 cm³/mol. The van der Waals surface area contributed by atoms with Gasteiger partial charge < -0.3 is 14.6 Å². The van der Waals surface area contributed by atoms with Gasteiger partial charge in [-0.15, -0.1) is 0 Å². The van der Waals surface area contributed by atoms with Crippen LogP contribution in [0.2, 0.25) is 0 Å². The first-order chi connectivity index (χ1) is 11.1. The van der Waals surface area contributed by atoms with Crippen molar-refractivity contribution in [3.8, 4) is 5.88 Å². The number of aromatic nitrogens is 2. The lowest BCUT2D eigenvalue weighted by Crippen LogP contribution is -2.24. The van der Waals surface area contributed by atoms with Gasteiger partial charge in [-0.2, -0.15) is 0 Å². The van der Waals surface area contributed by atoms with E-state index in [1.807, 2.05) is 12.1 Å². The van der Waals surface area contributed by atoms with Crippen LogP contribution in [-0.2, 0) is 6.54 Å². The Morgan fingerprint density at radius 2 is 2.17 bits per heavy atom. The van der Waals surface area contributed by atoms with Gasteiger partial charge in [0, 0.05) is 18.8 Å². The summed E-state index contributed by atoms with van der Waals surface area (Å²) in [4.78, 5) is 16.5. The smallest absolute Gasteiger partial charge is 0.257 e. The molecule has 0 bridgehead atoms. The molecule has 0 saturated heterocycles. The molecule has 3 rings (SSSR count). The van der Waals surface area contributed by atoms with Crippen LogP contribution < -0.4 is 10.1 Å². The van der Waals surface area contributed by atoms with Gasteiger partial charge in [-0.25, -0.2) is 4.98 Å². The number of carbonyl (C=O) groups is 1. The average Bonchev–Trinajstić information content (AvgIpc) is 3.15. The predicted octanol–water partition coefficient (Wildman–Crippen LogP) is 2.94. The molecule has 1 N–H and O–H groups in total. The Bertz CT molecular complexity index is 671. The molecule has 2 aromatic heterocycles. The molecule has 23 heavy (non-hydrogen) atoms. The molecule has 6 nitrogen and oxygen atoms in total. The van der Waals surface area contributed by atoms with Gasteiger partial charge in [0.25, 0.3) is 5.91 Å². The van der Waals surface area contributed by atoms with Crippen LogP contribution in [0, 0.1) is 13.8 Å². The van der Waals surface area contributed by atoms with Crippen molar-refractivity contribution in [3.05, 3.63) is 40.9 Å². The molecular weight excluding hydrogens is 294 g/mol. The highest BCUT2D eigenvalue weighted by Crippen LogP contribution is 2.23. The van der Waals surface area contributed by atoms with E-state index in [9.17, 15) is 4.79 Å². The highest BCUT2D eigenvalue weighted by Gasteiger charge is 2.18. The van der Waals surface area contributed by atoms with Crippen molar-refractivity contribution in [2.75, 3.05) is 0 Å². The van der Waals surface area contributed by atoms with Gasteiger partial charge in [-0.1, -0.05) is 5.16 Å². The summed E-state index contributed by atoms with van der Waals surface area (Å²) in [7, 11) is 0. The fraction of sp³-hybridized carbons (Fsp3) is 0.471. The zero-order chi connectivity index (χ0) is 16.2. The van der Waals surface area contributed by atoms with E-state index in [2.05, 4.69) is 15.5 Å². The maximum atomic E-state index is 12.2. The van der Waals surface area contributed by atoms with Gasteiger partial charge in [-0.3, -0.25) is 4.79 Å². The quantitative estimate of drug-likeness (QED) is 0.918. The lowest BCUT2D eigenvalue weighted by Gasteiger charge is -2.13. The van der Waals surface area contributed by atoms with Gasteiger partial charge in [0.15, 0.2) is 0 Å². The minimum atomic E-state index is -0.184. The van der Waals surface area contributed by atoms with Crippen LogP contribution in [0.15, 0.2) is 22.9 Å². The Labute approximate surface area is 135 Å². The fourth-order valence-electron chi connectivity index (χ4n) is 2.88. The molecule has 2 heterocycles. The third-order valence-corrected chi connectivity index (χ3v) is 4.10. The number of carbonyl (C=O) groups excluding carboxylic acids is 1. The van der Waals surface area contributed by atoms with E-state index in [0.29, 0.717) is 29.4 Å². The lowest BCUT2D eigenvalue weighted by molar-refractivity contribution is 0.0948. The average molecular weight is 315 g/mol. The summed E-state index contributed by atoms with van der Waals surface area (Å²) in [5.41, 5.74) is 2.05. The Hall–Kier alpha value is -2.37. The van der Waals surface area contributed by atoms with E-state index in [4.69, 9.17) is 9.26 Å². The molecule has 0 aliphatic heterocycles. The Balaban J connectivity index is 1.60. The second-order valence-electron chi connectivity index (χ2n) is 5.91. The molecule has 122 valence electrons. The Morgan fingerprint density at radius 1 is 1.39 bits per heavy atom. The fourth-order valence-corrected chi connectivity index (χ4v) is 2.88. The normalized spacial score (nSPS) is 14.9. The topological polar surface area (TPSA) is 77.3 Å². The summed E-state index contributed by atoms with van der Waals surface area (Å²) < 4.78 is 10.9. The summed E-state index contributed by atoms with van der Waals surface area (Å²) >= 11 is 0. The second-order valence-corrected chi connectivity index (χ2v) is 5.91. The van der Waals surface area contributed by atoms with Gasteiger partial charge >= 0.3 is 0 Å². The van der Waals surface area contributed by atoms with Crippen LogP contribution in [0.4, 0.5) is 0 Å². The van der Waals surface area contributed by atoms with E-state index >= 15 is 0 Å². The van der Waals surface area contributed by atoms with E-state index in [-0.39, 0.29) is 12.0 Å². The summed E-state index contributed by atoms with van der Waals surface area (Å²) in [5.74, 6) is 0.970. The number of amides is 1. The van der Waals surface area contributed by atoms with Crippen molar-refractivity contribution in [2.45, 2.75) is 52.2 Å². The van der Waals surface area contributed by atoms with Gasteiger partial charge in [0.2, 0.25) is 5.88 Å². The molecule has 1 aliphatic carbocycles. The number of pyridine rings is 1. The highest BCUT2D eigenvalue weighted by molar-refractivity contribution is 5.96. The first-order valence-corrected chi connectivity index (χ1v) is 7.96. The third-order valence-electron chi connectivity index (χ3n) is 4.10. The van der Waals surface area contributed by atoms with Crippen molar-refractivity contribution in [1.29, 1.82) is 0 Å². The maximum Gasteiger partial charge on any atom is 0.257 e. The largest absolute Gasteiger partial charge is 0.474 e. The van der Waals surface area contributed by atoms with E-state index in [1.165, 1.54) is 12.8 Å². The van der Waals surface area contributed by atoms with Crippen molar-refractivity contribution in [1.82, 2.24) is 15.5 Å². The molecule has 6 heteroatoms. The summed E-state index contributed by atoms with van der Waals surface area (Å²) in [6.45, 7) is 3.90. The van der Waals surface area contributed by atoms with Crippen molar-refractivity contribution >= 4 is 5.91 Å². The molecule has 1 amide bonds. The second kappa shape index (κ2) is 6.81.